The van der Waals surface area contributed by atoms with Crippen molar-refractivity contribution in [1.29, 1.82) is 0 Å². The molecule has 0 aromatic heterocycles. The normalized spacial score (nSPS) is 21.5. The predicted molar refractivity (Wildman–Crippen MR) is 45.3 cm³/mol. The Morgan fingerprint density at radius 2 is 2.18 bits per heavy atom. The molecule has 1 N–H and O–H groups in total. The molecule has 1 saturated heterocycles. The molecule has 0 aromatic rings. The van der Waals surface area contributed by atoms with Crippen molar-refractivity contribution in [3.63, 3.8) is 0 Å². The van der Waals surface area contributed by atoms with Gasteiger partial charge in [0.1, 0.15) is 0 Å². The maximum Gasteiger partial charge on any atom is 0.281 e. The zero-order chi connectivity index (χ0) is 8.10. The quantitative estimate of drug-likeness (QED) is 0.429. The molecule has 3 nitrogen and oxygen atoms in total. The first-order chi connectivity index (χ1) is 5.36. The third-order valence-electron chi connectivity index (χ3n) is 2.30. The first-order valence-corrected chi connectivity index (χ1v) is 4.13. The van der Waals surface area contributed by atoms with Gasteiger partial charge in [-0.1, -0.05) is 0 Å². The minimum absolute atomic E-state index is 0.301. The molecule has 0 bridgehead atoms. The number of nitrogens with zero attached hydrogens (tertiary/aromatic N) is 1. The van der Waals surface area contributed by atoms with Crippen molar-refractivity contribution in [3.05, 3.63) is 0 Å². The predicted octanol–water partition coefficient (Wildman–Crippen LogP) is -0.768. The molecule has 0 unspecified atom stereocenters. The summed E-state index contributed by atoms with van der Waals surface area (Å²) in [6, 6.07) is 0. The fraction of sp³-hybridized carbons (Fsp3) is 0.857. The number of carbonyl (C=O) groups excluding carboxylic acids is 1. The van der Waals surface area contributed by atoms with Gasteiger partial charge in [0.05, 0.1) is 6.19 Å². The van der Waals surface area contributed by atoms with E-state index in [-0.39, 0.29) is 0 Å². The summed E-state index contributed by atoms with van der Waals surface area (Å²) in [5, 5.41) is 8.82. The lowest BCUT2D eigenvalue weighted by Crippen LogP contribution is -2.37. The molecule has 11 heavy (non-hydrogen) atoms. The summed E-state index contributed by atoms with van der Waals surface area (Å²) in [4.78, 5) is 12.3. The number of aliphatic hydroxyl groups is 1. The smallest absolute Gasteiger partial charge is 0.281 e. The average Bonchev–Trinajstić information content (AvgIpc) is 2.07. The summed E-state index contributed by atoms with van der Waals surface area (Å²) in [6.45, 7) is 2.23. The Kier molecular flexibility index (Phi) is 3.59. The van der Waals surface area contributed by atoms with Crippen LogP contribution in [0.1, 0.15) is 12.8 Å². The number of hydrogen-bond acceptors (Lipinski definition) is 3. The van der Waals surface area contributed by atoms with Gasteiger partial charge in [-0.25, -0.2) is 0 Å². The zero-order valence-electron chi connectivity index (χ0n) is 6.70. The zero-order valence-corrected chi connectivity index (χ0v) is 6.70. The maximum atomic E-state index is 10.1. The second-order valence-corrected chi connectivity index (χ2v) is 3.09. The average molecular weight is 155 g/mol. The van der Waals surface area contributed by atoms with E-state index in [0.717, 1.165) is 32.1 Å². The maximum absolute atomic E-state index is 10.1. The van der Waals surface area contributed by atoms with E-state index < -0.39 is 0 Å². The van der Waals surface area contributed by atoms with Gasteiger partial charge in [0.2, 0.25) is 0 Å². The Hall–Kier alpha value is -0.345. The molecule has 4 heteroatoms. The Morgan fingerprint density at radius 3 is 2.64 bits per heavy atom. The highest BCUT2D eigenvalue weighted by Crippen LogP contribution is 2.14. The number of hydrogen-bond donors (Lipinski definition) is 1. The molecule has 0 aliphatic carbocycles. The van der Waals surface area contributed by atoms with Crippen molar-refractivity contribution in [1.82, 2.24) is 4.81 Å². The van der Waals surface area contributed by atoms with Gasteiger partial charge < -0.3 is 14.7 Å². The van der Waals surface area contributed by atoms with Crippen molar-refractivity contribution < 1.29 is 9.90 Å². The summed E-state index contributed by atoms with van der Waals surface area (Å²) >= 11 is 0. The monoisotopic (exact) mass is 155 g/mol. The second-order valence-electron chi connectivity index (χ2n) is 3.09. The van der Waals surface area contributed by atoms with Gasteiger partial charge >= 0.3 is 0 Å². The van der Waals surface area contributed by atoms with Gasteiger partial charge in [-0.15, -0.1) is 0 Å². The van der Waals surface area contributed by atoms with E-state index in [9.17, 15) is 4.79 Å². The highest BCUT2D eigenvalue weighted by molar-refractivity contribution is 6.64. The molecule has 1 rings (SSSR count). The first kappa shape index (κ1) is 8.75. The fourth-order valence-corrected chi connectivity index (χ4v) is 1.46. The Balaban J connectivity index is 2.18. The lowest BCUT2D eigenvalue weighted by molar-refractivity contribution is 0.171. The highest BCUT2D eigenvalue weighted by Gasteiger charge is 2.17. The number of carbonyl (C=O) groups is 1. The standard InChI is InChI=1S/C7H14BNO2/c10-5-7-1-3-9(4-2-7)8-6-11/h6-8,10H,1-5H2. The van der Waals surface area contributed by atoms with E-state index in [1.807, 2.05) is 0 Å². The molecule has 0 aromatic carbocycles. The fourth-order valence-electron chi connectivity index (χ4n) is 1.46. The van der Waals surface area contributed by atoms with E-state index in [4.69, 9.17) is 5.11 Å². The molecule has 1 heterocycles. The Morgan fingerprint density at radius 1 is 1.55 bits per heavy atom. The van der Waals surface area contributed by atoms with Crippen LogP contribution in [0.4, 0.5) is 0 Å². The SMILES string of the molecule is O=CBN1CCC(CO)CC1. The van der Waals surface area contributed by atoms with Gasteiger partial charge in [-0.3, -0.25) is 0 Å². The second kappa shape index (κ2) is 4.52. The Bertz CT molecular complexity index is 124. The lowest BCUT2D eigenvalue weighted by Gasteiger charge is -2.29. The van der Waals surface area contributed by atoms with Crippen LogP contribution in [0.15, 0.2) is 0 Å². The van der Waals surface area contributed by atoms with E-state index in [1.54, 1.807) is 0 Å². The summed E-state index contributed by atoms with van der Waals surface area (Å²) in [5.41, 5.74) is 0. The number of aliphatic hydroxyl groups excluding tert-OH is 1. The lowest BCUT2D eigenvalue weighted by atomic mass is 9.87. The molecule has 0 atom stereocenters. The van der Waals surface area contributed by atoms with E-state index in [1.165, 1.54) is 0 Å². The van der Waals surface area contributed by atoms with E-state index >= 15 is 0 Å². The minimum atomic E-state index is 0.301. The number of rotatable bonds is 3. The van der Waals surface area contributed by atoms with E-state index in [2.05, 4.69) is 4.81 Å². The van der Waals surface area contributed by atoms with Gasteiger partial charge in [0.25, 0.3) is 7.41 Å². The van der Waals surface area contributed by atoms with Gasteiger partial charge in [0, 0.05) is 6.61 Å². The van der Waals surface area contributed by atoms with Gasteiger partial charge in [-0.2, -0.15) is 0 Å². The van der Waals surface area contributed by atoms with Crippen LogP contribution < -0.4 is 0 Å². The number of piperidine rings is 1. The van der Waals surface area contributed by atoms with Crippen LogP contribution in [0.3, 0.4) is 0 Å². The molecule has 1 aliphatic heterocycles. The molecule has 0 radical (unpaired) electrons. The first-order valence-electron chi connectivity index (χ1n) is 4.13. The van der Waals surface area contributed by atoms with Crippen molar-refractivity contribution in [2.75, 3.05) is 19.7 Å². The minimum Gasteiger partial charge on any atom is -0.396 e. The van der Waals surface area contributed by atoms with Crippen molar-refractivity contribution in [3.8, 4) is 0 Å². The molecule has 0 spiro atoms. The van der Waals surface area contributed by atoms with E-state index in [0.29, 0.717) is 19.9 Å². The highest BCUT2D eigenvalue weighted by atomic mass is 16.3. The molecule has 62 valence electrons. The van der Waals surface area contributed by atoms with Crippen LogP contribution in [0.25, 0.3) is 0 Å². The molecule has 0 amide bonds. The molecular weight excluding hydrogens is 141 g/mol. The van der Waals surface area contributed by atoms with Gasteiger partial charge in [-0.05, 0) is 31.8 Å². The van der Waals surface area contributed by atoms with Crippen LogP contribution in [0, 0.1) is 5.92 Å². The summed E-state index contributed by atoms with van der Waals surface area (Å²) < 4.78 is 0. The largest absolute Gasteiger partial charge is 0.396 e. The third-order valence-corrected chi connectivity index (χ3v) is 2.30. The third kappa shape index (κ3) is 2.63. The van der Waals surface area contributed by atoms with Crippen molar-refractivity contribution in [2.45, 2.75) is 12.8 Å². The summed E-state index contributed by atoms with van der Waals surface area (Å²) in [7, 11) is 0.554. The summed E-state index contributed by atoms with van der Waals surface area (Å²) in [6.07, 6.45) is 3.01. The molecular formula is C7H14BNO2. The topological polar surface area (TPSA) is 40.5 Å². The van der Waals surface area contributed by atoms with Crippen molar-refractivity contribution in [2.24, 2.45) is 5.92 Å². The van der Waals surface area contributed by atoms with Gasteiger partial charge in [0.15, 0.2) is 0 Å². The van der Waals surface area contributed by atoms with Crippen LogP contribution in [-0.2, 0) is 4.79 Å². The van der Waals surface area contributed by atoms with Crippen LogP contribution in [-0.4, -0.2) is 43.2 Å². The summed E-state index contributed by atoms with van der Waals surface area (Å²) in [5.74, 6) is 0.470. The Labute approximate surface area is 67.6 Å². The molecule has 1 fully saturated rings. The van der Waals surface area contributed by atoms with Crippen LogP contribution in [0.5, 0.6) is 0 Å². The molecule has 0 saturated carbocycles. The van der Waals surface area contributed by atoms with Crippen LogP contribution in [0.2, 0.25) is 0 Å². The van der Waals surface area contributed by atoms with Crippen molar-refractivity contribution >= 4 is 13.6 Å². The van der Waals surface area contributed by atoms with Crippen LogP contribution >= 0.6 is 0 Å². The molecule has 1 aliphatic rings.